The first-order valence-corrected chi connectivity index (χ1v) is 36.7. The molecule has 0 aromatic rings. The lowest BCUT2D eigenvalue weighted by atomic mass is 9.99. The van der Waals surface area contributed by atoms with Gasteiger partial charge in [-0.05, 0) is 12.8 Å². The SMILES string of the molecule is CCCCCCCCCCCCCCCCCCCCCCCCCCCCCCCCCC(O)C(COC1OC(CO)C(O)C(O)C1O)NC(=O)CCCCCCCCCCCCCCCCCCCCCCCCCCCCC. The van der Waals surface area contributed by atoms with E-state index in [1.54, 1.807) is 0 Å². The van der Waals surface area contributed by atoms with E-state index in [0.29, 0.717) is 12.8 Å². The Kier molecular flexibility index (Phi) is 60.1. The van der Waals surface area contributed by atoms with Crippen molar-refractivity contribution in [3.8, 4) is 0 Å². The van der Waals surface area contributed by atoms with Gasteiger partial charge in [0, 0.05) is 6.42 Å². The molecule has 1 aliphatic heterocycles. The van der Waals surface area contributed by atoms with Gasteiger partial charge in [0.05, 0.1) is 25.4 Å². The van der Waals surface area contributed by atoms with Crippen LogP contribution in [0.25, 0.3) is 0 Å². The predicted octanol–water partition coefficient (Wildman–Crippen LogP) is 20.1. The number of hydrogen-bond acceptors (Lipinski definition) is 8. The summed E-state index contributed by atoms with van der Waals surface area (Å²) in [6.07, 6.45) is 71.9. The molecule has 0 aromatic carbocycles. The molecule has 1 rings (SSSR count). The van der Waals surface area contributed by atoms with Crippen LogP contribution >= 0.6 is 0 Å². The van der Waals surface area contributed by atoms with E-state index < -0.39 is 49.5 Å². The minimum atomic E-state index is -1.55. The van der Waals surface area contributed by atoms with Gasteiger partial charge in [0.1, 0.15) is 24.4 Å². The van der Waals surface area contributed by atoms with E-state index in [-0.39, 0.29) is 12.5 Å². The molecule has 7 unspecified atom stereocenters. The number of amides is 1. The highest BCUT2D eigenvalue weighted by Gasteiger charge is 2.44. The smallest absolute Gasteiger partial charge is 0.220 e. The Labute approximate surface area is 504 Å². The number of carbonyl (C=O) groups is 1. The van der Waals surface area contributed by atoms with E-state index in [1.807, 2.05) is 0 Å². The molecule has 7 atom stereocenters. The Bertz CT molecular complexity index is 1240. The van der Waals surface area contributed by atoms with E-state index in [0.717, 1.165) is 38.5 Å². The Hall–Kier alpha value is -0.810. The number of hydrogen-bond donors (Lipinski definition) is 6. The molecular formula is C72H143NO8. The summed E-state index contributed by atoms with van der Waals surface area (Å²) in [7, 11) is 0. The van der Waals surface area contributed by atoms with Crippen LogP contribution in [0.5, 0.6) is 0 Å². The second-order valence-corrected chi connectivity index (χ2v) is 26.1. The molecule has 6 N–H and O–H groups in total. The zero-order chi connectivity index (χ0) is 58.6. The fourth-order valence-corrected chi connectivity index (χ4v) is 12.5. The molecule has 0 saturated carbocycles. The third-order valence-electron chi connectivity index (χ3n) is 18.2. The summed E-state index contributed by atoms with van der Waals surface area (Å²) in [5.41, 5.74) is 0. The van der Waals surface area contributed by atoms with Crippen LogP contribution in [0, 0.1) is 0 Å². The number of ether oxygens (including phenoxy) is 2. The molecule has 1 amide bonds. The predicted molar refractivity (Wildman–Crippen MR) is 346 cm³/mol. The van der Waals surface area contributed by atoms with Gasteiger partial charge in [-0.15, -0.1) is 0 Å². The normalized spacial score (nSPS) is 18.2. The van der Waals surface area contributed by atoms with Crippen molar-refractivity contribution < 1.29 is 39.8 Å². The van der Waals surface area contributed by atoms with Crippen LogP contribution in [0.1, 0.15) is 399 Å². The molecule has 81 heavy (non-hydrogen) atoms. The zero-order valence-corrected chi connectivity index (χ0v) is 54.3. The molecule has 0 bridgehead atoms. The van der Waals surface area contributed by atoms with Gasteiger partial charge in [0.25, 0.3) is 0 Å². The summed E-state index contributed by atoms with van der Waals surface area (Å²) >= 11 is 0. The lowest BCUT2D eigenvalue weighted by molar-refractivity contribution is -0.302. The summed E-state index contributed by atoms with van der Waals surface area (Å²) in [5.74, 6) is -0.132. The third-order valence-corrected chi connectivity index (χ3v) is 18.2. The second kappa shape index (κ2) is 62.2. The summed E-state index contributed by atoms with van der Waals surface area (Å²) in [6.45, 7) is 3.92. The van der Waals surface area contributed by atoms with Gasteiger partial charge in [-0.25, -0.2) is 0 Å². The van der Waals surface area contributed by atoms with Gasteiger partial charge in [0.2, 0.25) is 5.91 Å². The molecule has 9 heteroatoms. The van der Waals surface area contributed by atoms with Crippen LogP contribution in [0.2, 0.25) is 0 Å². The number of unbranched alkanes of at least 4 members (excludes halogenated alkanes) is 56. The molecule has 0 radical (unpaired) electrons. The monoisotopic (exact) mass is 1150 g/mol. The number of nitrogens with one attached hydrogen (secondary N) is 1. The van der Waals surface area contributed by atoms with Crippen molar-refractivity contribution in [3.05, 3.63) is 0 Å². The first kappa shape index (κ1) is 78.2. The Morgan fingerprint density at radius 1 is 0.370 bits per heavy atom. The molecule has 0 aromatic heterocycles. The summed E-state index contributed by atoms with van der Waals surface area (Å²) in [5, 5.41) is 55.0. The van der Waals surface area contributed by atoms with Crippen molar-refractivity contribution in [2.24, 2.45) is 0 Å². The average Bonchev–Trinajstić information content (AvgIpc) is 3.47. The number of carbonyl (C=O) groups excluding carboxylic acids is 1. The first-order chi connectivity index (χ1) is 39.8. The third kappa shape index (κ3) is 51.0. The van der Waals surface area contributed by atoms with Crippen LogP contribution in [-0.4, -0.2) is 87.5 Å². The van der Waals surface area contributed by atoms with Crippen LogP contribution in [0.15, 0.2) is 0 Å². The van der Waals surface area contributed by atoms with Crippen molar-refractivity contribution in [3.63, 3.8) is 0 Å². The van der Waals surface area contributed by atoms with Crippen LogP contribution in [0.3, 0.4) is 0 Å². The fourth-order valence-electron chi connectivity index (χ4n) is 12.5. The fraction of sp³-hybridized carbons (Fsp3) is 0.986. The maximum Gasteiger partial charge on any atom is 0.220 e. The molecule has 1 saturated heterocycles. The Morgan fingerprint density at radius 2 is 0.617 bits per heavy atom. The molecule has 484 valence electrons. The molecule has 0 aliphatic carbocycles. The highest BCUT2D eigenvalue weighted by Crippen LogP contribution is 2.24. The summed E-state index contributed by atoms with van der Waals surface area (Å²) in [6, 6.07) is -0.715. The highest BCUT2D eigenvalue weighted by atomic mass is 16.7. The second-order valence-electron chi connectivity index (χ2n) is 26.1. The van der Waals surface area contributed by atoms with Crippen molar-refractivity contribution in [2.75, 3.05) is 13.2 Å². The molecular weight excluding hydrogens is 1010 g/mol. The van der Waals surface area contributed by atoms with Gasteiger partial charge in [-0.3, -0.25) is 4.79 Å². The van der Waals surface area contributed by atoms with Crippen molar-refractivity contribution in [2.45, 2.75) is 442 Å². The minimum absolute atomic E-state index is 0.130. The lowest BCUT2D eigenvalue weighted by Gasteiger charge is -2.40. The minimum Gasteiger partial charge on any atom is -0.394 e. The highest BCUT2D eigenvalue weighted by molar-refractivity contribution is 5.76. The van der Waals surface area contributed by atoms with Gasteiger partial charge >= 0.3 is 0 Å². The van der Waals surface area contributed by atoms with E-state index in [2.05, 4.69) is 19.2 Å². The standard InChI is InChI=1S/C72H143NO8/c1-3-5-7-9-11-13-15-17-19-21-23-25-27-29-31-32-33-34-36-37-39-41-43-45-47-49-51-53-55-57-59-61-66(75)65(64-80-72-71(79)70(78)69(77)67(63-74)81-72)73-68(76)62-60-58-56-54-52-50-48-46-44-42-40-38-35-30-28-26-24-22-20-18-16-14-12-10-8-6-4-2/h65-67,69-72,74-75,77-79H,3-64H2,1-2H3,(H,73,76). The van der Waals surface area contributed by atoms with Crippen molar-refractivity contribution >= 4 is 5.91 Å². The van der Waals surface area contributed by atoms with Gasteiger partial charge < -0.3 is 40.3 Å². The van der Waals surface area contributed by atoms with Gasteiger partial charge in [-0.1, -0.05) is 380 Å². The van der Waals surface area contributed by atoms with E-state index in [1.165, 1.54) is 334 Å². The van der Waals surface area contributed by atoms with Crippen molar-refractivity contribution in [1.82, 2.24) is 5.32 Å². The molecule has 0 spiro atoms. The Balaban J connectivity index is 2.08. The van der Waals surface area contributed by atoms with Crippen LogP contribution in [0.4, 0.5) is 0 Å². The van der Waals surface area contributed by atoms with Crippen LogP contribution < -0.4 is 5.32 Å². The number of aliphatic hydroxyl groups excluding tert-OH is 5. The number of aliphatic hydroxyl groups is 5. The topological polar surface area (TPSA) is 149 Å². The molecule has 1 aliphatic rings. The average molecular weight is 1150 g/mol. The first-order valence-electron chi connectivity index (χ1n) is 36.7. The molecule has 1 fully saturated rings. The summed E-state index contributed by atoms with van der Waals surface area (Å²) < 4.78 is 11.4. The van der Waals surface area contributed by atoms with Crippen molar-refractivity contribution in [1.29, 1.82) is 0 Å². The largest absolute Gasteiger partial charge is 0.394 e. The van der Waals surface area contributed by atoms with E-state index in [4.69, 9.17) is 9.47 Å². The Morgan fingerprint density at radius 3 is 0.877 bits per heavy atom. The van der Waals surface area contributed by atoms with Crippen LogP contribution in [-0.2, 0) is 14.3 Å². The quantitative estimate of drug-likeness (QED) is 0.0330. The summed E-state index contributed by atoms with van der Waals surface area (Å²) in [4.78, 5) is 13.2. The molecule has 1 heterocycles. The lowest BCUT2D eigenvalue weighted by Crippen LogP contribution is -2.60. The zero-order valence-electron chi connectivity index (χ0n) is 54.3. The maximum atomic E-state index is 13.2. The van der Waals surface area contributed by atoms with Gasteiger partial charge in [0.15, 0.2) is 6.29 Å². The van der Waals surface area contributed by atoms with Gasteiger partial charge in [-0.2, -0.15) is 0 Å². The van der Waals surface area contributed by atoms with E-state index in [9.17, 15) is 30.3 Å². The number of rotatable bonds is 66. The van der Waals surface area contributed by atoms with E-state index >= 15 is 0 Å². The molecule has 9 nitrogen and oxygen atoms in total. The maximum absolute atomic E-state index is 13.2.